The molecule has 0 heterocycles. The normalized spacial score (nSPS) is 10.2. The molecule has 170 valence electrons. The quantitative estimate of drug-likeness (QED) is 0.435. The molecule has 1 N–H and O–H groups in total. The molecule has 0 aliphatic heterocycles. The Bertz CT molecular complexity index is 831. The van der Waals surface area contributed by atoms with E-state index >= 15 is 0 Å². The van der Waals surface area contributed by atoms with Crippen molar-refractivity contribution < 1.29 is 19.4 Å². The minimum absolute atomic E-state index is 0.0645. The van der Waals surface area contributed by atoms with Gasteiger partial charge in [0.05, 0.1) is 5.56 Å². The minimum Gasteiger partial charge on any atom is -0.491 e. The lowest BCUT2D eigenvalue weighted by atomic mass is 10.1. The Kier molecular flexibility index (Phi) is 16.3. The number of esters is 1. The van der Waals surface area contributed by atoms with Gasteiger partial charge in [-0.1, -0.05) is 96.5 Å². The number of hydrogen-bond donors (Lipinski definition) is 1. The average molecular weight is 427 g/mol. The molecular weight excluding hydrogens is 388 g/mol. The van der Waals surface area contributed by atoms with E-state index < -0.39 is 12.1 Å². The fourth-order valence-electron chi connectivity index (χ4n) is 2.33. The third kappa shape index (κ3) is 11.2. The van der Waals surface area contributed by atoms with Gasteiger partial charge in [0.2, 0.25) is 0 Å². The number of rotatable bonds is 6. The average Bonchev–Trinajstić information content (AvgIpc) is 2.84. The molecular formula is C27H38O4. The molecule has 4 nitrogen and oxygen atoms in total. The van der Waals surface area contributed by atoms with Crippen LogP contribution in [0.25, 0.3) is 10.8 Å². The Morgan fingerprint density at radius 1 is 0.806 bits per heavy atom. The molecule has 0 bridgehead atoms. The second-order valence-corrected chi connectivity index (χ2v) is 6.15. The van der Waals surface area contributed by atoms with E-state index in [-0.39, 0.29) is 13.2 Å². The number of aliphatic hydroxyl groups excluding tert-OH is 1. The van der Waals surface area contributed by atoms with Gasteiger partial charge in [-0.2, -0.15) is 0 Å². The molecule has 1 unspecified atom stereocenters. The molecule has 31 heavy (non-hydrogen) atoms. The number of carbonyl (C=O) groups is 1. The highest BCUT2D eigenvalue weighted by Gasteiger charge is 2.12. The topological polar surface area (TPSA) is 55.8 Å². The van der Waals surface area contributed by atoms with Gasteiger partial charge >= 0.3 is 5.97 Å². The Labute approximate surface area is 187 Å². The summed E-state index contributed by atoms with van der Waals surface area (Å²) in [5, 5.41) is 11.9. The highest BCUT2D eigenvalue weighted by Crippen LogP contribution is 2.16. The summed E-state index contributed by atoms with van der Waals surface area (Å²) in [6.07, 6.45) is 0.370. The molecule has 0 amide bonds. The number of ether oxygens (including phenoxy) is 2. The van der Waals surface area contributed by atoms with Crippen LogP contribution in [0.4, 0.5) is 0 Å². The molecule has 3 aromatic rings. The van der Waals surface area contributed by atoms with E-state index in [4.69, 9.17) is 9.47 Å². The first kappa shape index (κ1) is 28.2. The molecule has 0 aliphatic rings. The van der Waals surface area contributed by atoms with Crippen molar-refractivity contribution in [3.05, 3.63) is 78.4 Å². The van der Waals surface area contributed by atoms with Crippen LogP contribution >= 0.6 is 0 Å². The zero-order valence-corrected chi connectivity index (χ0v) is 19.8. The van der Waals surface area contributed by atoms with Gasteiger partial charge in [0.15, 0.2) is 0 Å². The standard InChI is InChI=1S/C20H18O4.C3H8.2C2H6/c21-18(13-23-19-8-2-1-3-9-19)14-24-20(22)17-11-10-15-6-4-5-7-16(15)12-17;1-3-2;2*1-2/h1-12,18,21H,13-14H2;3H2,1-2H3;2*1-2H3. The summed E-state index contributed by atoms with van der Waals surface area (Å²) in [4.78, 5) is 12.1. The molecule has 0 aromatic heterocycles. The Hall–Kier alpha value is -2.85. The first-order chi connectivity index (χ1) is 15.1. The second-order valence-electron chi connectivity index (χ2n) is 6.15. The van der Waals surface area contributed by atoms with Crippen LogP contribution in [0.2, 0.25) is 0 Å². The number of para-hydroxylation sites is 1. The van der Waals surface area contributed by atoms with Gasteiger partial charge in [-0.3, -0.25) is 0 Å². The zero-order chi connectivity index (χ0) is 23.5. The van der Waals surface area contributed by atoms with E-state index in [1.807, 2.05) is 76.2 Å². The van der Waals surface area contributed by atoms with Gasteiger partial charge in [-0.15, -0.1) is 0 Å². The molecule has 0 radical (unpaired) electrons. The van der Waals surface area contributed by atoms with Crippen molar-refractivity contribution in [1.29, 1.82) is 0 Å². The summed E-state index contributed by atoms with van der Waals surface area (Å²) in [5.41, 5.74) is 0.463. The van der Waals surface area contributed by atoms with E-state index in [0.29, 0.717) is 11.3 Å². The maximum Gasteiger partial charge on any atom is 0.338 e. The highest BCUT2D eigenvalue weighted by molar-refractivity contribution is 5.95. The fourth-order valence-corrected chi connectivity index (χ4v) is 2.33. The lowest BCUT2D eigenvalue weighted by Gasteiger charge is -2.13. The van der Waals surface area contributed by atoms with Crippen LogP contribution in [0, 0.1) is 0 Å². The maximum absolute atomic E-state index is 12.1. The summed E-state index contributed by atoms with van der Waals surface area (Å²) in [5.74, 6) is 0.205. The van der Waals surface area contributed by atoms with Gasteiger partial charge in [-0.05, 0) is 35.0 Å². The van der Waals surface area contributed by atoms with Crippen LogP contribution in [0.3, 0.4) is 0 Å². The second kappa shape index (κ2) is 18.0. The fraction of sp³-hybridized carbons (Fsp3) is 0.370. The first-order valence-corrected chi connectivity index (χ1v) is 11.2. The lowest BCUT2D eigenvalue weighted by Crippen LogP contribution is -2.25. The summed E-state index contributed by atoms with van der Waals surface area (Å²) < 4.78 is 10.6. The third-order valence-electron chi connectivity index (χ3n) is 3.58. The molecule has 4 heteroatoms. The number of aliphatic hydroxyl groups is 1. The Balaban J connectivity index is 0.00000116. The monoisotopic (exact) mass is 426 g/mol. The van der Waals surface area contributed by atoms with Gasteiger partial charge in [0.1, 0.15) is 25.1 Å². The minimum atomic E-state index is -0.880. The predicted molar refractivity (Wildman–Crippen MR) is 131 cm³/mol. The Morgan fingerprint density at radius 3 is 1.97 bits per heavy atom. The van der Waals surface area contributed by atoms with E-state index in [0.717, 1.165) is 10.8 Å². The van der Waals surface area contributed by atoms with Crippen molar-refractivity contribution in [2.45, 2.75) is 54.1 Å². The van der Waals surface area contributed by atoms with Crippen LogP contribution in [0.15, 0.2) is 72.8 Å². The van der Waals surface area contributed by atoms with Crippen molar-refractivity contribution in [3.63, 3.8) is 0 Å². The highest BCUT2D eigenvalue weighted by atomic mass is 16.5. The molecule has 0 spiro atoms. The summed E-state index contributed by atoms with van der Waals surface area (Å²) >= 11 is 0. The summed E-state index contributed by atoms with van der Waals surface area (Å²) in [6.45, 7) is 12.2. The lowest BCUT2D eigenvalue weighted by molar-refractivity contribution is 0.0130. The molecule has 3 rings (SSSR count). The van der Waals surface area contributed by atoms with Crippen molar-refractivity contribution in [2.75, 3.05) is 13.2 Å². The number of hydrogen-bond acceptors (Lipinski definition) is 4. The van der Waals surface area contributed by atoms with E-state index in [9.17, 15) is 9.90 Å². The molecule has 1 atom stereocenters. The van der Waals surface area contributed by atoms with Crippen LogP contribution in [0.1, 0.15) is 58.3 Å². The van der Waals surface area contributed by atoms with Gasteiger partial charge in [-0.25, -0.2) is 4.79 Å². The zero-order valence-electron chi connectivity index (χ0n) is 19.8. The van der Waals surface area contributed by atoms with Crippen LogP contribution in [-0.2, 0) is 4.74 Å². The molecule has 3 aromatic carbocycles. The van der Waals surface area contributed by atoms with E-state index in [2.05, 4.69) is 13.8 Å². The van der Waals surface area contributed by atoms with Gasteiger partial charge < -0.3 is 14.6 Å². The third-order valence-corrected chi connectivity index (χ3v) is 3.58. The van der Waals surface area contributed by atoms with Crippen molar-refractivity contribution in [2.24, 2.45) is 0 Å². The van der Waals surface area contributed by atoms with Crippen LogP contribution < -0.4 is 4.74 Å². The van der Waals surface area contributed by atoms with Crippen molar-refractivity contribution >= 4 is 16.7 Å². The van der Waals surface area contributed by atoms with Crippen LogP contribution in [0.5, 0.6) is 5.75 Å². The molecule has 0 aliphatic carbocycles. The summed E-state index contributed by atoms with van der Waals surface area (Å²) in [7, 11) is 0. The number of carbonyl (C=O) groups excluding carboxylic acids is 1. The van der Waals surface area contributed by atoms with Crippen molar-refractivity contribution in [3.8, 4) is 5.75 Å². The largest absolute Gasteiger partial charge is 0.491 e. The summed E-state index contributed by atoms with van der Waals surface area (Å²) in [6, 6.07) is 22.3. The first-order valence-electron chi connectivity index (χ1n) is 11.2. The molecule has 0 saturated carbocycles. The smallest absolute Gasteiger partial charge is 0.338 e. The van der Waals surface area contributed by atoms with Gasteiger partial charge in [0, 0.05) is 0 Å². The molecule has 0 saturated heterocycles. The Morgan fingerprint density at radius 2 is 1.35 bits per heavy atom. The number of benzene rings is 3. The molecule has 0 fully saturated rings. The maximum atomic E-state index is 12.1. The predicted octanol–water partition coefficient (Wildman–Crippen LogP) is 6.91. The van der Waals surface area contributed by atoms with E-state index in [1.54, 1.807) is 24.3 Å². The number of fused-ring (bicyclic) bond motifs is 1. The SMILES string of the molecule is CC.CC.CCC.O=C(OCC(O)COc1ccccc1)c1ccc2ccccc2c1. The van der Waals surface area contributed by atoms with Crippen molar-refractivity contribution in [1.82, 2.24) is 0 Å². The van der Waals surface area contributed by atoms with Crippen LogP contribution in [-0.4, -0.2) is 30.4 Å². The van der Waals surface area contributed by atoms with Gasteiger partial charge in [0.25, 0.3) is 0 Å². The van der Waals surface area contributed by atoms with E-state index in [1.165, 1.54) is 6.42 Å².